The van der Waals surface area contributed by atoms with E-state index in [1.54, 1.807) is 4.68 Å². The molecule has 0 N–H and O–H groups in total. The molecule has 0 radical (unpaired) electrons. The lowest BCUT2D eigenvalue weighted by atomic mass is 9.48. The van der Waals surface area contributed by atoms with Crippen LogP contribution in [0.15, 0.2) is 12.3 Å². The van der Waals surface area contributed by atoms with Crippen molar-refractivity contribution in [3.8, 4) is 0 Å². The summed E-state index contributed by atoms with van der Waals surface area (Å²) in [5.74, 6) is 3.21. The lowest BCUT2D eigenvalue weighted by Gasteiger charge is -2.56. The maximum absolute atomic E-state index is 12.5. The molecule has 5 rings (SSSR count). The van der Waals surface area contributed by atoms with E-state index in [4.69, 9.17) is 0 Å². The molecule has 0 amide bonds. The Bertz CT molecular complexity index is 496. The van der Waals surface area contributed by atoms with E-state index in [9.17, 15) is 4.79 Å². The van der Waals surface area contributed by atoms with Crippen molar-refractivity contribution >= 4 is 5.78 Å². The van der Waals surface area contributed by atoms with Crippen LogP contribution in [0.5, 0.6) is 0 Å². The zero-order chi connectivity index (χ0) is 13.7. The molecule has 4 fully saturated rings. The van der Waals surface area contributed by atoms with Crippen molar-refractivity contribution in [2.45, 2.75) is 51.4 Å². The molecule has 0 aromatic carbocycles. The molecule has 0 spiro atoms. The van der Waals surface area contributed by atoms with Crippen molar-refractivity contribution in [1.82, 2.24) is 9.78 Å². The normalized spacial score (nSPS) is 38.4. The number of hydrogen-bond donors (Lipinski definition) is 0. The summed E-state index contributed by atoms with van der Waals surface area (Å²) in [6, 6.07) is 1.97. The summed E-state index contributed by atoms with van der Waals surface area (Å²) in [6.45, 7) is 0. The largest absolute Gasteiger partial charge is 0.299 e. The van der Waals surface area contributed by atoms with Gasteiger partial charge in [0.2, 0.25) is 0 Å². The summed E-state index contributed by atoms with van der Waals surface area (Å²) in [4.78, 5) is 12.5. The molecule has 0 saturated heterocycles. The molecule has 4 saturated carbocycles. The van der Waals surface area contributed by atoms with E-state index in [0.717, 1.165) is 29.9 Å². The van der Waals surface area contributed by atoms with Crippen LogP contribution in [-0.4, -0.2) is 15.6 Å². The van der Waals surface area contributed by atoms with E-state index in [-0.39, 0.29) is 0 Å². The first-order valence-electron chi connectivity index (χ1n) is 8.10. The molecule has 0 aliphatic heterocycles. The highest BCUT2D eigenvalue weighted by molar-refractivity contribution is 5.81. The van der Waals surface area contributed by atoms with E-state index in [1.807, 2.05) is 19.3 Å². The predicted molar refractivity (Wildman–Crippen MR) is 77.1 cm³/mol. The number of nitrogens with zero attached hydrogens (tertiary/aromatic N) is 2. The standard InChI is InChI=1S/C17H24N2O/c1-19-3-2-15(18-19)7-16(20)11-17-8-12-4-13(9-17)6-14(5-12)10-17/h2-3,12-14H,4-11H2,1H3. The average molecular weight is 272 g/mol. The molecule has 1 aromatic heterocycles. The molecule has 3 nitrogen and oxygen atoms in total. The van der Waals surface area contributed by atoms with Crippen LogP contribution in [-0.2, 0) is 18.3 Å². The van der Waals surface area contributed by atoms with E-state index in [2.05, 4.69) is 5.10 Å². The van der Waals surface area contributed by atoms with Gasteiger partial charge in [-0.3, -0.25) is 9.48 Å². The first kappa shape index (κ1) is 12.6. The molecule has 20 heavy (non-hydrogen) atoms. The van der Waals surface area contributed by atoms with Gasteiger partial charge < -0.3 is 0 Å². The van der Waals surface area contributed by atoms with Crippen LogP contribution in [0.3, 0.4) is 0 Å². The second kappa shape index (κ2) is 4.44. The fourth-order valence-electron chi connectivity index (χ4n) is 5.75. The lowest BCUT2D eigenvalue weighted by Crippen LogP contribution is -2.47. The molecular formula is C17H24N2O. The SMILES string of the molecule is Cn1ccc(CC(=O)CC23CC4CC(CC(C4)C2)C3)n1. The van der Waals surface area contributed by atoms with Gasteiger partial charge in [0.1, 0.15) is 5.78 Å². The van der Waals surface area contributed by atoms with Crippen molar-refractivity contribution < 1.29 is 4.79 Å². The first-order valence-corrected chi connectivity index (χ1v) is 8.10. The van der Waals surface area contributed by atoms with Crippen LogP contribution in [0.25, 0.3) is 0 Å². The third-order valence-electron chi connectivity index (χ3n) is 5.88. The molecule has 1 aromatic rings. The van der Waals surface area contributed by atoms with E-state index in [1.165, 1.54) is 38.5 Å². The summed E-state index contributed by atoms with van der Waals surface area (Å²) in [5, 5.41) is 4.34. The summed E-state index contributed by atoms with van der Waals surface area (Å²) in [7, 11) is 1.91. The Morgan fingerprint density at radius 1 is 1.25 bits per heavy atom. The van der Waals surface area contributed by atoms with Gasteiger partial charge in [-0.2, -0.15) is 5.10 Å². The Kier molecular flexibility index (Phi) is 2.80. The number of aromatic nitrogens is 2. The minimum Gasteiger partial charge on any atom is -0.299 e. The Morgan fingerprint density at radius 2 is 1.85 bits per heavy atom. The summed E-state index contributed by atoms with van der Waals surface area (Å²) < 4.78 is 1.79. The van der Waals surface area contributed by atoms with Gasteiger partial charge in [-0.1, -0.05) is 0 Å². The van der Waals surface area contributed by atoms with E-state index < -0.39 is 0 Å². The number of aryl methyl sites for hydroxylation is 1. The van der Waals surface area contributed by atoms with Crippen molar-refractivity contribution in [2.24, 2.45) is 30.2 Å². The molecule has 0 atom stereocenters. The number of ketones is 1. The number of hydrogen-bond acceptors (Lipinski definition) is 2. The van der Waals surface area contributed by atoms with Crippen LogP contribution in [0.2, 0.25) is 0 Å². The second-order valence-corrected chi connectivity index (χ2v) is 7.79. The molecule has 4 bridgehead atoms. The Hall–Kier alpha value is -1.12. The van der Waals surface area contributed by atoms with Crippen LogP contribution in [0.1, 0.15) is 50.6 Å². The third-order valence-corrected chi connectivity index (χ3v) is 5.88. The molecule has 1 heterocycles. The van der Waals surface area contributed by atoms with Crippen LogP contribution < -0.4 is 0 Å². The van der Waals surface area contributed by atoms with Gasteiger partial charge in [0.15, 0.2) is 0 Å². The summed E-state index contributed by atoms with van der Waals surface area (Å²) in [5.41, 5.74) is 1.31. The molecule has 4 aliphatic carbocycles. The van der Waals surface area contributed by atoms with Gasteiger partial charge >= 0.3 is 0 Å². The Labute approximate surface area is 120 Å². The smallest absolute Gasteiger partial charge is 0.139 e. The van der Waals surface area contributed by atoms with Crippen molar-refractivity contribution in [2.75, 3.05) is 0 Å². The van der Waals surface area contributed by atoms with Gasteiger partial charge in [-0.05, 0) is 67.8 Å². The number of carbonyl (C=O) groups is 1. The van der Waals surface area contributed by atoms with Crippen LogP contribution in [0.4, 0.5) is 0 Å². The van der Waals surface area contributed by atoms with Gasteiger partial charge in [0, 0.05) is 19.7 Å². The van der Waals surface area contributed by atoms with Crippen LogP contribution in [0, 0.1) is 23.2 Å². The highest BCUT2D eigenvalue weighted by Crippen LogP contribution is 2.61. The number of carbonyl (C=O) groups excluding carboxylic acids is 1. The minimum absolute atomic E-state index is 0.376. The van der Waals surface area contributed by atoms with Crippen molar-refractivity contribution in [1.29, 1.82) is 0 Å². The number of rotatable bonds is 4. The van der Waals surface area contributed by atoms with Crippen molar-refractivity contribution in [3.63, 3.8) is 0 Å². The third kappa shape index (κ3) is 2.21. The van der Waals surface area contributed by atoms with Crippen molar-refractivity contribution in [3.05, 3.63) is 18.0 Å². The summed E-state index contributed by atoms with van der Waals surface area (Å²) >= 11 is 0. The fourth-order valence-corrected chi connectivity index (χ4v) is 5.75. The quantitative estimate of drug-likeness (QED) is 0.844. The zero-order valence-electron chi connectivity index (χ0n) is 12.3. The molecule has 0 unspecified atom stereocenters. The zero-order valence-corrected chi connectivity index (χ0v) is 12.3. The fraction of sp³-hybridized carbons (Fsp3) is 0.765. The van der Waals surface area contributed by atoms with Gasteiger partial charge in [0.25, 0.3) is 0 Å². The maximum Gasteiger partial charge on any atom is 0.139 e. The maximum atomic E-state index is 12.5. The first-order chi connectivity index (χ1) is 9.60. The van der Waals surface area contributed by atoms with Gasteiger partial charge in [0.05, 0.1) is 12.1 Å². The molecule has 108 valence electrons. The Morgan fingerprint density at radius 3 is 2.35 bits per heavy atom. The highest BCUT2D eigenvalue weighted by atomic mass is 16.1. The Balaban J connectivity index is 1.44. The second-order valence-electron chi connectivity index (χ2n) is 7.79. The summed E-state index contributed by atoms with van der Waals surface area (Å²) in [6.07, 6.45) is 11.6. The lowest BCUT2D eigenvalue weighted by molar-refractivity contribution is -0.126. The topological polar surface area (TPSA) is 34.9 Å². The predicted octanol–water partition coefficient (Wildman–Crippen LogP) is 3.14. The monoisotopic (exact) mass is 272 g/mol. The average Bonchev–Trinajstić information content (AvgIpc) is 2.71. The van der Waals surface area contributed by atoms with Gasteiger partial charge in [-0.25, -0.2) is 0 Å². The molecule has 3 heteroatoms. The number of Topliss-reactive ketones (excluding diaryl/α,β-unsaturated/α-hetero) is 1. The molecule has 4 aliphatic rings. The van der Waals surface area contributed by atoms with E-state index in [0.29, 0.717) is 17.6 Å². The van der Waals surface area contributed by atoms with Crippen LogP contribution >= 0.6 is 0 Å². The minimum atomic E-state index is 0.376. The molecular weight excluding hydrogens is 248 g/mol. The van der Waals surface area contributed by atoms with Gasteiger partial charge in [-0.15, -0.1) is 0 Å². The highest BCUT2D eigenvalue weighted by Gasteiger charge is 2.51. The van der Waals surface area contributed by atoms with E-state index >= 15 is 0 Å².